The van der Waals surface area contributed by atoms with E-state index in [0.29, 0.717) is 6.42 Å². The van der Waals surface area contributed by atoms with Gasteiger partial charge in [0.15, 0.2) is 0 Å². The number of ether oxygens (including phenoxy) is 3. The van der Waals surface area contributed by atoms with Gasteiger partial charge in [-0.3, -0.25) is 9.59 Å². The summed E-state index contributed by atoms with van der Waals surface area (Å²) in [6.45, 7) is 5.92. The molecule has 0 radical (unpaired) electrons. The Morgan fingerprint density at radius 3 is 2.32 bits per heavy atom. The number of esters is 1. The number of carbonyl (C=O) groups excluding carboxylic acids is 2. The van der Waals surface area contributed by atoms with Crippen LogP contribution in [0, 0.1) is 16.7 Å². The third kappa shape index (κ3) is 1.92. The highest BCUT2D eigenvalue weighted by atomic mass is 16.7. The van der Waals surface area contributed by atoms with Crippen molar-refractivity contribution in [3.05, 3.63) is 23.8 Å². The first-order valence-corrected chi connectivity index (χ1v) is 7.32. The Hall–Kier alpha value is -1.46. The van der Waals surface area contributed by atoms with Crippen molar-refractivity contribution in [3.63, 3.8) is 0 Å². The van der Waals surface area contributed by atoms with E-state index in [2.05, 4.69) is 6.08 Å². The molecule has 0 unspecified atom stereocenters. The lowest BCUT2D eigenvalue weighted by atomic mass is 9.50. The second kappa shape index (κ2) is 5.32. The number of rotatable bonds is 3. The number of carbonyl (C=O) groups is 2. The molecule has 0 fully saturated rings. The Morgan fingerprint density at radius 2 is 1.82 bits per heavy atom. The quantitative estimate of drug-likeness (QED) is 0.455. The molecule has 5 nitrogen and oxygen atoms in total. The van der Waals surface area contributed by atoms with Crippen molar-refractivity contribution < 1.29 is 23.8 Å². The fraction of sp³-hybridized carbons (Fsp3) is 0.647. The van der Waals surface area contributed by atoms with E-state index in [1.807, 2.05) is 20.8 Å². The monoisotopic (exact) mass is 308 g/mol. The van der Waals surface area contributed by atoms with E-state index in [0.717, 1.165) is 5.57 Å². The zero-order valence-electron chi connectivity index (χ0n) is 14.1. The second-order valence-corrected chi connectivity index (χ2v) is 6.60. The predicted octanol–water partition coefficient (Wildman–Crippen LogP) is 2.27. The lowest BCUT2D eigenvalue weighted by Crippen LogP contribution is -2.64. The Kier molecular flexibility index (Phi) is 4.09. The lowest BCUT2D eigenvalue weighted by Gasteiger charge is -2.55. The second-order valence-electron chi connectivity index (χ2n) is 6.60. The van der Waals surface area contributed by atoms with Gasteiger partial charge < -0.3 is 14.2 Å². The molecular weight excluding hydrogens is 284 g/mol. The first kappa shape index (κ1) is 16.9. The normalized spacial score (nSPS) is 32.2. The molecule has 0 bridgehead atoms. The van der Waals surface area contributed by atoms with Crippen LogP contribution in [0.4, 0.5) is 0 Å². The summed E-state index contributed by atoms with van der Waals surface area (Å²) in [5, 5.41) is 0. The SMILES string of the molecule is COC(=O)[C@]12C=CC(=O)C(OC)(OC)[C@H]1CC(C)=CC2(C)C. The van der Waals surface area contributed by atoms with E-state index in [4.69, 9.17) is 14.2 Å². The van der Waals surface area contributed by atoms with E-state index in [1.54, 1.807) is 6.08 Å². The Labute approximate surface area is 131 Å². The van der Waals surface area contributed by atoms with Gasteiger partial charge in [-0.15, -0.1) is 0 Å². The summed E-state index contributed by atoms with van der Waals surface area (Å²) in [6.07, 6.45) is 5.65. The van der Waals surface area contributed by atoms with Crippen LogP contribution in [0.25, 0.3) is 0 Å². The van der Waals surface area contributed by atoms with E-state index in [1.165, 1.54) is 27.4 Å². The Bertz CT molecular complexity index is 553. The molecular formula is C17H24O5. The summed E-state index contributed by atoms with van der Waals surface area (Å²) in [4.78, 5) is 25.2. The molecule has 5 heteroatoms. The third-order valence-electron chi connectivity index (χ3n) is 5.18. The van der Waals surface area contributed by atoms with Crippen molar-refractivity contribution in [1.82, 2.24) is 0 Å². The average Bonchev–Trinajstić information content (AvgIpc) is 2.46. The number of hydrogen-bond donors (Lipinski definition) is 0. The van der Waals surface area contributed by atoms with Gasteiger partial charge in [-0.05, 0) is 19.4 Å². The van der Waals surface area contributed by atoms with Crippen LogP contribution < -0.4 is 0 Å². The minimum atomic E-state index is -1.48. The fourth-order valence-corrected chi connectivity index (χ4v) is 4.20. The topological polar surface area (TPSA) is 61.8 Å². The summed E-state index contributed by atoms with van der Waals surface area (Å²) in [5.74, 6) is -2.63. The highest BCUT2D eigenvalue weighted by molar-refractivity contribution is 6.00. The molecule has 0 aromatic rings. The number of ketones is 1. The van der Waals surface area contributed by atoms with E-state index < -0.39 is 22.5 Å². The highest BCUT2D eigenvalue weighted by Gasteiger charge is 2.67. The molecule has 0 saturated carbocycles. The van der Waals surface area contributed by atoms with E-state index in [-0.39, 0.29) is 11.8 Å². The third-order valence-corrected chi connectivity index (χ3v) is 5.18. The first-order chi connectivity index (χ1) is 10.2. The zero-order chi connectivity index (χ0) is 16.8. The molecule has 22 heavy (non-hydrogen) atoms. The molecule has 0 saturated heterocycles. The van der Waals surface area contributed by atoms with Crippen molar-refractivity contribution in [2.24, 2.45) is 16.7 Å². The molecule has 122 valence electrons. The summed E-state index contributed by atoms with van der Waals surface area (Å²) < 4.78 is 16.1. The van der Waals surface area contributed by atoms with Gasteiger partial charge in [0.05, 0.1) is 7.11 Å². The van der Waals surface area contributed by atoms with Crippen LogP contribution in [-0.4, -0.2) is 38.9 Å². The molecule has 0 heterocycles. The van der Waals surface area contributed by atoms with Crippen LogP contribution in [0.2, 0.25) is 0 Å². The van der Waals surface area contributed by atoms with Gasteiger partial charge in [0.25, 0.3) is 0 Å². The van der Waals surface area contributed by atoms with Crippen molar-refractivity contribution in [1.29, 1.82) is 0 Å². The maximum absolute atomic E-state index is 12.7. The van der Waals surface area contributed by atoms with Crippen LogP contribution >= 0.6 is 0 Å². The van der Waals surface area contributed by atoms with Gasteiger partial charge in [0.1, 0.15) is 5.41 Å². The molecule has 2 aliphatic carbocycles. The van der Waals surface area contributed by atoms with Gasteiger partial charge in [0.2, 0.25) is 11.6 Å². The van der Waals surface area contributed by atoms with Crippen molar-refractivity contribution in [2.75, 3.05) is 21.3 Å². The van der Waals surface area contributed by atoms with Gasteiger partial charge in [-0.25, -0.2) is 0 Å². The van der Waals surface area contributed by atoms with E-state index in [9.17, 15) is 9.59 Å². The van der Waals surface area contributed by atoms with Crippen molar-refractivity contribution >= 4 is 11.8 Å². The van der Waals surface area contributed by atoms with Crippen LogP contribution in [0.3, 0.4) is 0 Å². The van der Waals surface area contributed by atoms with Gasteiger partial charge in [0, 0.05) is 25.6 Å². The molecule has 0 aromatic heterocycles. The summed E-state index contributed by atoms with van der Waals surface area (Å²) in [6, 6.07) is 0. The molecule has 0 N–H and O–H groups in total. The molecule has 0 spiro atoms. The standard InChI is InChI=1S/C17H24O5/c1-11-9-12-16(14(19)20-4,15(2,3)10-11)8-7-13(18)17(12,21-5)22-6/h7-8,10,12H,9H2,1-6H3/t12-,16-/m0/s1. The zero-order valence-corrected chi connectivity index (χ0v) is 14.1. The number of hydrogen-bond acceptors (Lipinski definition) is 5. The fourth-order valence-electron chi connectivity index (χ4n) is 4.20. The predicted molar refractivity (Wildman–Crippen MR) is 81.0 cm³/mol. The maximum Gasteiger partial charge on any atom is 0.317 e. The molecule has 2 atom stereocenters. The first-order valence-electron chi connectivity index (χ1n) is 7.32. The molecule has 0 amide bonds. The average molecular weight is 308 g/mol. The van der Waals surface area contributed by atoms with Gasteiger partial charge in [-0.2, -0.15) is 0 Å². The molecule has 2 rings (SSSR count). The van der Waals surface area contributed by atoms with Crippen molar-refractivity contribution in [2.45, 2.75) is 33.0 Å². The molecule has 0 aromatic carbocycles. The number of allylic oxidation sites excluding steroid dienone is 2. The summed E-state index contributed by atoms with van der Waals surface area (Å²) >= 11 is 0. The van der Waals surface area contributed by atoms with Crippen LogP contribution in [-0.2, 0) is 23.8 Å². The largest absolute Gasteiger partial charge is 0.468 e. The summed E-state index contributed by atoms with van der Waals surface area (Å²) in [5.41, 5.74) is -0.454. The van der Waals surface area contributed by atoms with Gasteiger partial charge >= 0.3 is 5.97 Å². The smallest absolute Gasteiger partial charge is 0.317 e. The molecule has 2 aliphatic rings. The number of fused-ring (bicyclic) bond motifs is 1. The maximum atomic E-state index is 12.7. The highest BCUT2D eigenvalue weighted by Crippen LogP contribution is 2.59. The van der Waals surface area contributed by atoms with Crippen LogP contribution in [0.15, 0.2) is 23.8 Å². The van der Waals surface area contributed by atoms with Crippen LogP contribution in [0.1, 0.15) is 27.2 Å². The summed E-state index contributed by atoms with van der Waals surface area (Å²) in [7, 11) is 4.23. The lowest BCUT2D eigenvalue weighted by molar-refractivity contribution is -0.253. The van der Waals surface area contributed by atoms with Gasteiger partial charge in [-0.1, -0.05) is 31.6 Å². The Balaban J connectivity index is 2.79. The minimum Gasteiger partial charge on any atom is -0.468 e. The Morgan fingerprint density at radius 1 is 1.23 bits per heavy atom. The van der Waals surface area contributed by atoms with E-state index >= 15 is 0 Å². The molecule has 0 aliphatic heterocycles. The number of methoxy groups -OCH3 is 3. The van der Waals surface area contributed by atoms with Crippen LogP contribution in [0.5, 0.6) is 0 Å². The van der Waals surface area contributed by atoms with Crippen molar-refractivity contribution in [3.8, 4) is 0 Å². The minimum absolute atomic E-state index is 0.285.